The second-order valence-electron chi connectivity index (χ2n) is 6.52. The van der Waals surface area contributed by atoms with E-state index < -0.39 is 5.97 Å². The molecule has 0 bridgehead atoms. The van der Waals surface area contributed by atoms with Gasteiger partial charge in [0.25, 0.3) is 0 Å². The number of carbonyl (C=O) groups is 2. The van der Waals surface area contributed by atoms with Crippen molar-refractivity contribution in [3.63, 3.8) is 0 Å². The van der Waals surface area contributed by atoms with E-state index in [0.29, 0.717) is 45.2 Å². The van der Waals surface area contributed by atoms with E-state index in [2.05, 4.69) is 15.3 Å². The molecule has 29 heavy (non-hydrogen) atoms. The summed E-state index contributed by atoms with van der Waals surface area (Å²) in [7, 11) is 4.39. The Hall–Kier alpha value is -2.81. The van der Waals surface area contributed by atoms with Crippen LogP contribution in [-0.4, -0.2) is 48.9 Å². The van der Waals surface area contributed by atoms with Crippen LogP contribution in [0.5, 0.6) is 11.5 Å². The summed E-state index contributed by atoms with van der Waals surface area (Å²) in [6.45, 7) is 1.76. The lowest BCUT2D eigenvalue weighted by molar-refractivity contribution is -0.113. The first kappa shape index (κ1) is 20.9. The molecular formula is C20H23N3O5S. The maximum atomic E-state index is 12.5. The van der Waals surface area contributed by atoms with Crippen molar-refractivity contribution in [1.82, 2.24) is 9.97 Å². The lowest BCUT2D eigenvalue weighted by Crippen LogP contribution is -2.16. The number of benzene rings is 1. The van der Waals surface area contributed by atoms with E-state index in [1.165, 1.54) is 26.0 Å². The van der Waals surface area contributed by atoms with Crippen LogP contribution in [0.3, 0.4) is 0 Å². The number of hydrogen-bond donors (Lipinski definition) is 1. The van der Waals surface area contributed by atoms with Crippen molar-refractivity contribution >= 4 is 29.3 Å². The summed E-state index contributed by atoms with van der Waals surface area (Å²) in [5, 5.41) is 3.27. The number of anilines is 1. The Kier molecular flexibility index (Phi) is 6.58. The van der Waals surface area contributed by atoms with Crippen LogP contribution in [0.1, 0.15) is 40.6 Å². The molecule has 1 aliphatic rings. The first-order chi connectivity index (χ1) is 14.0. The van der Waals surface area contributed by atoms with Crippen LogP contribution < -0.4 is 14.8 Å². The van der Waals surface area contributed by atoms with E-state index in [0.717, 1.165) is 12.8 Å². The zero-order chi connectivity index (χ0) is 21.0. The van der Waals surface area contributed by atoms with E-state index in [1.54, 1.807) is 32.2 Å². The lowest BCUT2D eigenvalue weighted by atomic mass is 10.2. The van der Waals surface area contributed by atoms with Gasteiger partial charge in [-0.1, -0.05) is 11.8 Å². The standard InChI is InChI=1S/C20H23N3O5S/c1-11-17(20(25)28-4)19(23-18(21-11)12-5-6-12)29-10-16(24)22-14-9-13(26-2)7-8-15(14)27-3/h7-9,12H,5-6,10H2,1-4H3,(H,22,24). The third kappa shape index (κ3) is 4.97. The van der Waals surface area contributed by atoms with Gasteiger partial charge < -0.3 is 19.5 Å². The normalized spacial score (nSPS) is 13.0. The van der Waals surface area contributed by atoms with Gasteiger partial charge in [-0.15, -0.1) is 0 Å². The number of nitrogens with one attached hydrogen (secondary N) is 1. The summed E-state index contributed by atoms with van der Waals surface area (Å²) in [5.74, 6) is 1.45. The molecule has 0 atom stereocenters. The maximum absolute atomic E-state index is 12.5. The van der Waals surface area contributed by atoms with Crippen LogP contribution >= 0.6 is 11.8 Å². The molecule has 1 amide bonds. The molecule has 1 aliphatic carbocycles. The Labute approximate surface area is 173 Å². The Balaban J connectivity index is 1.77. The summed E-state index contributed by atoms with van der Waals surface area (Å²) in [6, 6.07) is 5.14. The average Bonchev–Trinajstić information content (AvgIpc) is 3.56. The first-order valence-corrected chi connectivity index (χ1v) is 10.1. The van der Waals surface area contributed by atoms with Crippen molar-refractivity contribution < 1.29 is 23.8 Å². The minimum atomic E-state index is -0.512. The highest BCUT2D eigenvalue weighted by Crippen LogP contribution is 2.39. The second kappa shape index (κ2) is 9.13. The molecular weight excluding hydrogens is 394 g/mol. The molecule has 1 aromatic carbocycles. The van der Waals surface area contributed by atoms with Crippen LogP contribution in [0.2, 0.25) is 0 Å². The molecule has 0 radical (unpaired) electrons. The summed E-state index contributed by atoms with van der Waals surface area (Å²) in [4.78, 5) is 33.7. The molecule has 1 N–H and O–H groups in total. The molecule has 1 saturated carbocycles. The number of hydrogen-bond acceptors (Lipinski definition) is 8. The molecule has 1 heterocycles. The van der Waals surface area contributed by atoms with Crippen LogP contribution in [0.25, 0.3) is 0 Å². The number of thioether (sulfide) groups is 1. The Morgan fingerprint density at radius 3 is 2.55 bits per heavy atom. The highest BCUT2D eigenvalue weighted by molar-refractivity contribution is 8.00. The number of rotatable bonds is 8. The number of methoxy groups -OCH3 is 3. The topological polar surface area (TPSA) is 99.6 Å². The minimum Gasteiger partial charge on any atom is -0.497 e. The molecule has 1 aromatic heterocycles. The second-order valence-corrected chi connectivity index (χ2v) is 7.48. The van der Waals surface area contributed by atoms with E-state index in [1.807, 2.05) is 0 Å². The van der Waals surface area contributed by atoms with Crippen molar-refractivity contribution in [3.05, 3.63) is 35.3 Å². The van der Waals surface area contributed by atoms with Gasteiger partial charge in [-0.2, -0.15) is 0 Å². The molecule has 0 spiro atoms. The average molecular weight is 417 g/mol. The SMILES string of the molecule is COC(=O)c1c(C)nc(C2CC2)nc1SCC(=O)Nc1cc(OC)ccc1OC. The molecule has 0 aliphatic heterocycles. The maximum Gasteiger partial charge on any atom is 0.342 e. The molecule has 8 nitrogen and oxygen atoms in total. The van der Waals surface area contributed by atoms with Gasteiger partial charge >= 0.3 is 5.97 Å². The van der Waals surface area contributed by atoms with Gasteiger partial charge in [-0.3, -0.25) is 4.79 Å². The quantitative estimate of drug-likeness (QED) is 0.397. The van der Waals surface area contributed by atoms with Crippen LogP contribution in [-0.2, 0) is 9.53 Å². The Morgan fingerprint density at radius 1 is 1.17 bits per heavy atom. The minimum absolute atomic E-state index is 0.0604. The molecule has 154 valence electrons. The number of carbonyl (C=O) groups excluding carboxylic acids is 2. The smallest absolute Gasteiger partial charge is 0.342 e. The molecule has 9 heteroatoms. The molecule has 0 saturated heterocycles. The van der Waals surface area contributed by atoms with Crippen LogP contribution in [0, 0.1) is 6.92 Å². The van der Waals surface area contributed by atoms with Crippen LogP contribution in [0.4, 0.5) is 5.69 Å². The first-order valence-electron chi connectivity index (χ1n) is 9.08. The molecule has 3 rings (SSSR count). The van der Waals surface area contributed by atoms with Crippen molar-refractivity contribution in [3.8, 4) is 11.5 Å². The summed E-state index contributed by atoms with van der Waals surface area (Å²) < 4.78 is 15.3. The van der Waals surface area contributed by atoms with Gasteiger partial charge in [0, 0.05) is 12.0 Å². The monoisotopic (exact) mass is 417 g/mol. The molecule has 0 unspecified atom stereocenters. The van der Waals surface area contributed by atoms with Crippen molar-refractivity contribution in [2.45, 2.75) is 30.7 Å². The molecule has 2 aromatic rings. The lowest BCUT2D eigenvalue weighted by Gasteiger charge is -2.13. The van der Waals surface area contributed by atoms with Gasteiger partial charge in [-0.05, 0) is 31.9 Å². The third-order valence-corrected chi connectivity index (χ3v) is 5.40. The fourth-order valence-corrected chi connectivity index (χ4v) is 3.64. The largest absolute Gasteiger partial charge is 0.497 e. The summed E-state index contributed by atoms with van der Waals surface area (Å²) in [5.41, 5.74) is 1.36. The number of esters is 1. The Morgan fingerprint density at radius 2 is 1.93 bits per heavy atom. The number of aryl methyl sites for hydroxylation is 1. The molecule has 1 fully saturated rings. The van der Waals surface area contributed by atoms with Crippen molar-refractivity contribution in [2.24, 2.45) is 0 Å². The van der Waals surface area contributed by atoms with Gasteiger partial charge in [0.2, 0.25) is 5.91 Å². The number of nitrogens with zero attached hydrogens (tertiary/aromatic N) is 2. The number of amides is 1. The Bertz CT molecular complexity index is 931. The van der Waals surface area contributed by atoms with E-state index in [9.17, 15) is 9.59 Å². The zero-order valence-corrected chi connectivity index (χ0v) is 17.6. The fraction of sp³-hybridized carbons (Fsp3) is 0.400. The number of aromatic nitrogens is 2. The van der Waals surface area contributed by atoms with Gasteiger partial charge in [-0.25, -0.2) is 14.8 Å². The summed E-state index contributed by atoms with van der Waals surface area (Å²) >= 11 is 1.18. The number of ether oxygens (including phenoxy) is 3. The highest BCUT2D eigenvalue weighted by atomic mass is 32.2. The van der Waals surface area contributed by atoms with E-state index in [4.69, 9.17) is 14.2 Å². The van der Waals surface area contributed by atoms with Gasteiger partial charge in [0.1, 0.15) is 27.9 Å². The van der Waals surface area contributed by atoms with Gasteiger partial charge in [0.15, 0.2) is 0 Å². The zero-order valence-electron chi connectivity index (χ0n) is 16.8. The van der Waals surface area contributed by atoms with Crippen molar-refractivity contribution in [1.29, 1.82) is 0 Å². The predicted molar refractivity (Wildman–Crippen MR) is 109 cm³/mol. The predicted octanol–water partition coefficient (Wildman–Crippen LogP) is 3.20. The fourth-order valence-electron chi connectivity index (χ4n) is 2.76. The van der Waals surface area contributed by atoms with Crippen LogP contribution in [0.15, 0.2) is 23.2 Å². The summed E-state index contributed by atoms with van der Waals surface area (Å²) in [6.07, 6.45) is 2.08. The van der Waals surface area contributed by atoms with Gasteiger partial charge in [0.05, 0.1) is 38.5 Å². The van der Waals surface area contributed by atoms with Crippen molar-refractivity contribution in [2.75, 3.05) is 32.4 Å². The van der Waals surface area contributed by atoms with E-state index >= 15 is 0 Å². The van der Waals surface area contributed by atoms with E-state index in [-0.39, 0.29) is 11.7 Å². The third-order valence-electron chi connectivity index (χ3n) is 4.43. The highest BCUT2D eigenvalue weighted by Gasteiger charge is 2.29.